The van der Waals surface area contributed by atoms with Crippen molar-refractivity contribution in [2.75, 3.05) is 24.5 Å². The van der Waals surface area contributed by atoms with Crippen LogP contribution in [-0.4, -0.2) is 45.7 Å². The van der Waals surface area contributed by atoms with Gasteiger partial charge in [-0.1, -0.05) is 6.07 Å². The molecule has 0 radical (unpaired) electrons. The smallest absolute Gasteiger partial charge is 0.407 e. The highest BCUT2D eigenvalue weighted by molar-refractivity contribution is 7.09. The van der Waals surface area contributed by atoms with E-state index in [9.17, 15) is 4.79 Å². The normalized spacial score (nSPS) is 16.0. The molecule has 8 nitrogen and oxygen atoms in total. The first kappa shape index (κ1) is 19.3. The molecule has 0 saturated carbocycles. The average Bonchev–Trinajstić information content (AvgIpc) is 3.45. The SMILES string of the molecule is O=C(NCCC1CCN(c2cccc(-c3cncnc3)n2)C1)OCc1nccs1. The molecule has 0 aliphatic carbocycles. The van der Waals surface area contributed by atoms with E-state index in [0.717, 1.165) is 48.0 Å². The van der Waals surface area contributed by atoms with Gasteiger partial charge in [0.25, 0.3) is 0 Å². The Morgan fingerprint density at radius 3 is 3.03 bits per heavy atom. The van der Waals surface area contributed by atoms with Crippen molar-refractivity contribution in [1.29, 1.82) is 0 Å². The number of carbonyl (C=O) groups is 1. The number of anilines is 1. The lowest BCUT2D eigenvalue weighted by molar-refractivity contribution is 0.139. The predicted octanol–water partition coefficient (Wildman–Crippen LogP) is 3.14. The highest BCUT2D eigenvalue weighted by Gasteiger charge is 2.23. The summed E-state index contributed by atoms with van der Waals surface area (Å²) in [6.45, 7) is 2.71. The number of ether oxygens (including phenoxy) is 1. The number of hydrogen-bond donors (Lipinski definition) is 1. The Morgan fingerprint density at radius 1 is 1.31 bits per heavy atom. The Bertz CT molecular complexity index is 922. The number of rotatable bonds is 7. The maximum Gasteiger partial charge on any atom is 0.407 e. The molecule has 4 rings (SSSR count). The lowest BCUT2D eigenvalue weighted by atomic mass is 10.1. The van der Waals surface area contributed by atoms with Crippen LogP contribution in [0.1, 0.15) is 17.8 Å². The zero-order valence-corrected chi connectivity index (χ0v) is 16.7. The number of thiazole rings is 1. The molecule has 0 bridgehead atoms. The van der Waals surface area contributed by atoms with Crippen molar-refractivity contribution < 1.29 is 9.53 Å². The molecule has 1 amide bonds. The zero-order chi connectivity index (χ0) is 19.9. The number of nitrogens with one attached hydrogen (secondary N) is 1. The minimum absolute atomic E-state index is 0.217. The minimum atomic E-state index is -0.394. The monoisotopic (exact) mass is 410 g/mol. The summed E-state index contributed by atoms with van der Waals surface area (Å²) in [5.74, 6) is 1.48. The highest BCUT2D eigenvalue weighted by atomic mass is 32.1. The van der Waals surface area contributed by atoms with Gasteiger partial charge in [-0.25, -0.2) is 24.7 Å². The van der Waals surface area contributed by atoms with E-state index in [2.05, 4.69) is 25.2 Å². The third-order valence-corrected chi connectivity index (χ3v) is 5.59. The molecule has 1 N–H and O–H groups in total. The average molecular weight is 411 g/mol. The summed E-state index contributed by atoms with van der Waals surface area (Å²) in [5, 5.41) is 5.48. The number of carbonyl (C=O) groups excluding carboxylic acids is 1. The number of amides is 1. The van der Waals surface area contributed by atoms with Gasteiger partial charge in [-0.05, 0) is 30.9 Å². The largest absolute Gasteiger partial charge is 0.442 e. The Labute approximate surface area is 173 Å². The molecule has 1 aliphatic rings. The van der Waals surface area contributed by atoms with Crippen molar-refractivity contribution in [3.8, 4) is 11.3 Å². The van der Waals surface area contributed by atoms with Crippen LogP contribution in [0.2, 0.25) is 0 Å². The molecule has 29 heavy (non-hydrogen) atoms. The number of hydrogen-bond acceptors (Lipinski definition) is 8. The second-order valence-electron chi connectivity index (χ2n) is 6.83. The molecule has 9 heteroatoms. The van der Waals surface area contributed by atoms with Crippen molar-refractivity contribution in [2.24, 2.45) is 5.92 Å². The fourth-order valence-corrected chi connectivity index (χ4v) is 3.88. The Morgan fingerprint density at radius 2 is 2.21 bits per heavy atom. The highest BCUT2D eigenvalue weighted by Crippen LogP contribution is 2.26. The van der Waals surface area contributed by atoms with Crippen LogP contribution < -0.4 is 10.2 Å². The van der Waals surface area contributed by atoms with Crippen molar-refractivity contribution >= 4 is 23.2 Å². The van der Waals surface area contributed by atoms with Crippen molar-refractivity contribution in [3.63, 3.8) is 0 Å². The summed E-state index contributed by atoms with van der Waals surface area (Å²) in [6, 6.07) is 6.01. The van der Waals surface area contributed by atoms with E-state index in [-0.39, 0.29) is 6.61 Å². The Balaban J connectivity index is 1.23. The van der Waals surface area contributed by atoms with E-state index in [0.29, 0.717) is 12.5 Å². The number of alkyl carbamates (subject to hydrolysis) is 1. The van der Waals surface area contributed by atoms with Crippen LogP contribution in [0.4, 0.5) is 10.6 Å². The van der Waals surface area contributed by atoms with Gasteiger partial charge in [-0.3, -0.25) is 0 Å². The molecule has 0 spiro atoms. The number of pyridine rings is 1. The standard InChI is InChI=1S/C20H22N6O2S/c27-20(28-13-19-23-7-9-29-19)24-6-4-15-5-8-26(12-15)18-3-1-2-17(25-18)16-10-21-14-22-11-16/h1-3,7,9-11,14-15H,4-6,8,12-13H2,(H,24,27). The molecule has 1 fully saturated rings. The van der Waals surface area contributed by atoms with E-state index in [1.807, 2.05) is 23.6 Å². The molecule has 1 unspecified atom stereocenters. The van der Waals surface area contributed by atoms with Crippen LogP contribution in [0.5, 0.6) is 0 Å². The van der Waals surface area contributed by atoms with Gasteiger partial charge in [-0.2, -0.15) is 0 Å². The Kier molecular flexibility index (Phi) is 6.25. The lowest BCUT2D eigenvalue weighted by Gasteiger charge is -2.18. The summed E-state index contributed by atoms with van der Waals surface area (Å²) in [5.41, 5.74) is 1.78. The van der Waals surface area contributed by atoms with Gasteiger partial charge < -0.3 is 15.0 Å². The van der Waals surface area contributed by atoms with E-state index in [4.69, 9.17) is 9.72 Å². The van der Waals surface area contributed by atoms with Crippen LogP contribution >= 0.6 is 11.3 Å². The Hall–Kier alpha value is -3.07. The van der Waals surface area contributed by atoms with Crippen LogP contribution in [0.3, 0.4) is 0 Å². The van der Waals surface area contributed by atoms with Gasteiger partial charge in [0.15, 0.2) is 0 Å². The second kappa shape index (κ2) is 9.42. The third kappa shape index (κ3) is 5.26. The van der Waals surface area contributed by atoms with Gasteiger partial charge in [0.1, 0.15) is 23.8 Å². The molecule has 1 aliphatic heterocycles. The molecule has 1 saturated heterocycles. The minimum Gasteiger partial charge on any atom is -0.442 e. The van der Waals surface area contributed by atoms with Gasteiger partial charge in [0, 0.05) is 49.2 Å². The van der Waals surface area contributed by atoms with Gasteiger partial charge in [-0.15, -0.1) is 11.3 Å². The van der Waals surface area contributed by atoms with Crippen LogP contribution in [0, 0.1) is 5.92 Å². The van der Waals surface area contributed by atoms with Crippen molar-refractivity contribution in [3.05, 3.63) is 53.5 Å². The number of nitrogens with zero attached hydrogens (tertiary/aromatic N) is 5. The molecule has 0 aromatic carbocycles. The first-order chi connectivity index (χ1) is 14.3. The summed E-state index contributed by atoms with van der Waals surface area (Å²) < 4.78 is 5.16. The fraction of sp³-hybridized carbons (Fsp3) is 0.350. The quantitative estimate of drug-likeness (QED) is 0.639. The summed E-state index contributed by atoms with van der Waals surface area (Å²) >= 11 is 1.47. The van der Waals surface area contributed by atoms with Gasteiger partial charge in [0.05, 0.1) is 5.69 Å². The molecule has 1 atom stereocenters. The topological polar surface area (TPSA) is 93.1 Å². The summed E-state index contributed by atoms with van der Waals surface area (Å²) in [6.07, 6.45) is 8.35. The molecular weight excluding hydrogens is 388 g/mol. The summed E-state index contributed by atoms with van der Waals surface area (Å²) in [4.78, 5) is 31.1. The van der Waals surface area contributed by atoms with Crippen molar-refractivity contribution in [2.45, 2.75) is 19.4 Å². The van der Waals surface area contributed by atoms with E-state index in [1.54, 1.807) is 18.6 Å². The molecule has 3 aromatic rings. The molecule has 150 valence electrons. The van der Waals surface area contributed by atoms with Crippen LogP contribution in [0.15, 0.2) is 48.5 Å². The van der Waals surface area contributed by atoms with Gasteiger partial charge >= 0.3 is 6.09 Å². The van der Waals surface area contributed by atoms with E-state index in [1.165, 1.54) is 17.7 Å². The molecular formula is C20H22N6O2S. The lowest BCUT2D eigenvalue weighted by Crippen LogP contribution is -2.27. The van der Waals surface area contributed by atoms with E-state index < -0.39 is 6.09 Å². The van der Waals surface area contributed by atoms with Crippen molar-refractivity contribution in [1.82, 2.24) is 25.3 Å². The summed E-state index contributed by atoms with van der Waals surface area (Å²) in [7, 11) is 0. The second-order valence-corrected chi connectivity index (χ2v) is 7.81. The predicted molar refractivity (Wildman–Crippen MR) is 111 cm³/mol. The zero-order valence-electron chi connectivity index (χ0n) is 15.9. The molecule has 3 aromatic heterocycles. The maximum atomic E-state index is 11.8. The van der Waals surface area contributed by atoms with Crippen LogP contribution in [0.25, 0.3) is 11.3 Å². The van der Waals surface area contributed by atoms with E-state index >= 15 is 0 Å². The number of aromatic nitrogens is 4. The maximum absolute atomic E-state index is 11.8. The fourth-order valence-electron chi connectivity index (χ4n) is 3.35. The molecule has 4 heterocycles. The van der Waals surface area contributed by atoms with Gasteiger partial charge in [0.2, 0.25) is 0 Å². The first-order valence-corrected chi connectivity index (χ1v) is 10.4. The van der Waals surface area contributed by atoms with Crippen LogP contribution in [-0.2, 0) is 11.3 Å². The third-order valence-electron chi connectivity index (χ3n) is 4.83. The first-order valence-electron chi connectivity index (χ1n) is 9.54.